The van der Waals surface area contributed by atoms with Crippen molar-refractivity contribution < 1.29 is 4.79 Å². The summed E-state index contributed by atoms with van der Waals surface area (Å²) in [6.07, 6.45) is 5.66. The van der Waals surface area contributed by atoms with E-state index in [4.69, 9.17) is 4.98 Å². The number of aryl methyl sites for hydroxylation is 2. The molecule has 0 fully saturated rings. The first kappa shape index (κ1) is 16.6. The first-order valence-corrected chi connectivity index (χ1v) is 9.28. The van der Waals surface area contributed by atoms with Crippen LogP contribution in [0.1, 0.15) is 35.1 Å². The maximum absolute atomic E-state index is 12.9. The van der Waals surface area contributed by atoms with E-state index in [0.717, 1.165) is 40.3 Å². The quantitative estimate of drug-likeness (QED) is 0.693. The van der Waals surface area contributed by atoms with Gasteiger partial charge in [-0.15, -0.1) is 11.8 Å². The van der Waals surface area contributed by atoms with E-state index in [0.29, 0.717) is 5.69 Å². The summed E-state index contributed by atoms with van der Waals surface area (Å²) < 4.78 is 1.90. The van der Waals surface area contributed by atoms with Crippen LogP contribution in [0, 0.1) is 6.92 Å². The van der Waals surface area contributed by atoms with Crippen LogP contribution in [0.2, 0.25) is 0 Å². The lowest BCUT2D eigenvalue weighted by Crippen LogP contribution is -2.16. The van der Waals surface area contributed by atoms with Crippen molar-refractivity contribution in [2.24, 2.45) is 0 Å². The number of carbonyl (C=O) groups excluding carboxylic acids is 1. The highest BCUT2D eigenvalue weighted by atomic mass is 32.2. The molecule has 0 saturated carbocycles. The average molecular weight is 339 g/mol. The Kier molecular flexibility index (Phi) is 4.90. The summed E-state index contributed by atoms with van der Waals surface area (Å²) in [5.41, 5.74) is 4.20. The van der Waals surface area contributed by atoms with Gasteiger partial charge < -0.3 is 5.32 Å². The van der Waals surface area contributed by atoms with Crippen LogP contribution >= 0.6 is 11.8 Å². The number of anilines is 1. The van der Waals surface area contributed by atoms with Gasteiger partial charge >= 0.3 is 0 Å². The fourth-order valence-corrected chi connectivity index (χ4v) is 3.25. The molecular weight excluding hydrogens is 318 g/mol. The van der Waals surface area contributed by atoms with E-state index in [2.05, 4.69) is 12.2 Å². The Hall–Kier alpha value is -2.27. The number of benzene rings is 1. The molecule has 0 aliphatic rings. The SMILES string of the molecule is CCCc1nc2c(C)cccn2c1C(=O)Nc1cccc(SC)c1. The molecule has 2 aromatic heterocycles. The van der Waals surface area contributed by atoms with Gasteiger partial charge in [-0.2, -0.15) is 0 Å². The summed E-state index contributed by atoms with van der Waals surface area (Å²) in [7, 11) is 0. The molecule has 124 valence electrons. The van der Waals surface area contributed by atoms with Crippen LogP contribution < -0.4 is 5.32 Å². The predicted molar refractivity (Wildman–Crippen MR) is 100 cm³/mol. The van der Waals surface area contributed by atoms with Crippen molar-refractivity contribution in [2.75, 3.05) is 11.6 Å². The third-order valence-electron chi connectivity index (χ3n) is 3.95. The molecule has 0 bridgehead atoms. The maximum Gasteiger partial charge on any atom is 0.274 e. The van der Waals surface area contributed by atoms with E-state index in [-0.39, 0.29) is 5.91 Å². The van der Waals surface area contributed by atoms with E-state index in [1.165, 1.54) is 0 Å². The molecule has 5 heteroatoms. The van der Waals surface area contributed by atoms with E-state index in [9.17, 15) is 4.79 Å². The van der Waals surface area contributed by atoms with Gasteiger partial charge in [0.05, 0.1) is 5.69 Å². The molecule has 2 heterocycles. The minimum absolute atomic E-state index is 0.116. The summed E-state index contributed by atoms with van der Waals surface area (Å²) in [6, 6.07) is 11.8. The van der Waals surface area contributed by atoms with Gasteiger partial charge in [0.25, 0.3) is 5.91 Å². The molecule has 1 amide bonds. The molecular formula is C19H21N3OS. The molecule has 3 aromatic rings. The van der Waals surface area contributed by atoms with Crippen LogP contribution in [-0.4, -0.2) is 21.5 Å². The Balaban J connectivity index is 2.02. The third-order valence-corrected chi connectivity index (χ3v) is 4.67. The third kappa shape index (κ3) is 3.17. The number of pyridine rings is 1. The van der Waals surface area contributed by atoms with Gasteiger partial charge in [-0.25, -0.2) is 4.98 Å². The predicted octanol–water partition coefficient (Wildman–Crippen LogP) is 4.57. The van der Waals surface area contributed by atoms with Crippen LogP contribution in [0.3, 0.4) is 0 Å². The molecule has 24 heavy (non-hydrogen) atoms. The Labute approximate surface area is 146 Å². The van der Waals surface area contributed by atoms with Crippen molar-refractivity contribution in [3.05, 3.63) is 59.5 Å². The number of rotatable bonds is 5. The number of thioether (sulfide) groups is 1. The Morgan fingerprint density at radius 1 is 1.29 bits per heavy atom. The molecule has 0 atom stereocenters. The second-order valence-electron chi connectivity index (χ2n) is 5.73. The Morgan fingerprint density at radius 3 is 2.88 bits per heavy atom. The van der Waals surface area contributed by atoms with Crippen molar-refractivity contribution in [1.29, 1.82) is 0 Å². The van der Waals surface area contributed by atoms with Gasteiger partial charge in [0, 0.05) is 16.8 Å². The summed E-state index contributed by atoms with van der Waals surface area (Å²) in [6.45, 7) is 4.11. The van der Waals surface area contributed by atoms with Crippen LogP contribution in [0.25, 0.3) is 5.65 Å². The van der Waals surface area contributed by atoms with E-state index >= 15 is 0 Å². The highest BCUT2D eigenvalue weighted by Gasteiger charge is 2.19. The fraction of sp³-hybridized carbons (Fsp3) is 0.263. The van der Waals surface area contributed by atoms with E-state index in [1.807, 2.05) is 60.2 Å². The molecule has 4 nitrogen and oxygen atoms in total. The first-order valence-electron chi connectivity index (χ1n) is 8.06. The van der Waals surface area contributed by atoms with Gasteiger partial charge in [0.2, 0.25) is 0 Å². The van der Waals surface area contributed by atoms with Crippen LogP contribution in [-0.2, 0) is 6.42 Å². The van der Waals surface area contributed by atoms with Crippen LogP contribution in [0.5, 0.6) is 0 Å². The molecule has 1 N–H and O–H groups in total. The lowest BCUT2D eigenvalue weighted by atomic mass is 10.2. The monoisotopic (exact) mass is 339 g/mol. The number of nitrogens with zero attached hydrogens (tertiary/aromatic N) is 2. The summed E-state index contributed by atoms with van der Waals surface area (Å²) in [4.78, 5) is 18.7. The fourth-order valence-electron chi connectivity index (χ4n) is 2.79. The number of fused-ring (bicyclic) bond motifs is 1. The number of aromatic nitrogens is 2. The van der Waals surface area contributed by atoms with Crippen molar-refractivity contribution >= 4 is 29.0 Å². The Bertz CT molecular complexity index is 885. The zero-order chi connectivity index (χ0) is 17.1. The van der Waals surface area contributed by atoms with Gasteiger partial charge in [-0.1, -0.05) is 25.5 Å². The molecule has 0 unspecified atom stereocenters. The van der Waals surface area contributed by atoms with E-state index < -0.39 is 0 Å². The van der Waals surface area contributed by atoms with Gasteiger partial charge in [0.15, 0.2) is 0 Å². The van der Waals surface area contributed by atoms with Crippen molar-refractivity contribution in [3.63, 3.8) is 0 Å². The maximum atomic E-state index is 12.9. The van der Waals surface area contributed by atoms with Gasteiger partial charge in [-0.3, -0.25) is 9.20 Å². The number of amides is 1. The number of imidazole rings is 1. The smallest absolute Gasteiger partial charge is 0.274 e. The summed E-state index contributed by atoms with van der Waals surface area (Å²) in [5.74, 6) is -0.116. The topological polar surface area (TPSA) is 46.4 Å². The second kappa shape index (κ2) is 7.09. The number of carbonyl (C=O) groups is 1. The number of hydrogen-bond donors (Lipinski definition) is 1. The molecule has 0 radical (unpaired) electrons. The van der Waals surface area contributed by atoms with E-state index in [1.54, 1.807) is 11.8 Å². The molecule has 3 rings (SSSR count). The van der Waals surface area contributed by atoms with Crippen LogP contribution in [0.4, 0.5) is 5.69 Å². The van der Waals surface area contributed by atoms with Gasteiger partial charge in [0.1, 0.15) is 11.3 Å². The zero-order valence-electron chi connectivity index (χ0n) is 14.2. The number of hydrogen-bond acceptors (Lipinski definition) is 3. The minimum atomic E-state index is -0.116. The normalized spacial score (nSPS) is 11.0. The number of nitrogens with one attached hydrogen (secondary N) is 1. The average Bonchev–Trinajstić information content (AvgIpc) is 2.95. The second-order valence-corrected chi connectivity index (χ2v) is 6.61. The molecule has 1 aromatic carbocycles. The summed E-state index contributed by atoms with van der Waals surface area (Å²) in [5, 5.41) is 3.02. The molecule has 0 saturated heterocycles. The van der Waals surface area contributed by atoms with Crippen LogP contribution in [0.15, 0.2) is 47.5 Å². The highest BCUT2D eigenvalue weighted by molar-refractivity contribution is 7.98. The lowest BCUT2D eigenvalue weighted by Gasteiger charge is -2.08. The van der Waals surface area contributed by atoms with Crippen molar-refractivity contribution in [3.8, 4) is 0 Å². The minimum Gasteiger partial charge on any atom is -0.321 e. The summed E-state index contributed by atoms with van der Waals surface area (Å²) >= 11 is 1.65. The Morgan fingerprint density at radius 2 is 2.12 bits per heavy atom. The molecule has 0 spiro atoms. The largest absolute Gasteiger partial charge is 0.321 e. The van der Waals surface area contributed by atoms with Crippen molar-refractivity contribution in [1.82, 2.24) is 9.38 Å². The molecule has 0 aliphatic heterocycles. The van der Waals surface area contributed by atoms with Gasteiger partial charge in [-0.05, 0) is 49.4 Å². The molecule has 0 aliphatic carbocycles. The highest BCUT2D eigenvalue weighted by Crippen LogP contribution is 2.22. The first-order chi connectivity index (χ1) is 11.6. The standard InChI is InChI=1S/C19H21N3OS/c1-4-7-16-17(22-11-6-8-13(2)18(22)21-16)19(23)20-14-9-5-10-15(12-14)24-3/h5-6,8-12H,4,7H2,1-3H3,(H,20,23). The lowest BCUT2D eigenvalue weighted by molar-refractivity contribution is 0.102. The zero-order valence-corrected chi connectivity index (χ0v) is 15.0. The van der Waals surface area contributed by atoms with Crippen molar-refractivity contribution in [2.45, 2.75) is 31.6 Å².